The molecular formula is C27H38N7O10P. The third-order valence-electron chi connectivity index (χ3n) is 6.97. The molecule has 17 nitrogen and oxygen atoms in total. The highest BCUT2D eigenvalue weighted by atomic mass is 31.2. The van der Waals surface area contributed by atoms with Gasteiger partial charge in [0, 0.05) is 6.42 Å². The molecule has 1 aliphatic heterocycles. The molecule has 18 heteroatoms. The van der Waals surface area contributed by atoms with E-state index in [9.17, 15) is 24.4 Å². The molecule has 3 heterocycles. The molecule has 4 unspecified atom stereocenters. The van der Waals surface area contributed by atoms with E-state index in [0.717, 1.165) is 0 Å². The summed E-state index contributed by atoms with van der Waals surface area (Å²) in [5.41, 5.74) is 10.6. The molecule has 0 bridgehead atoms. The van der Waals surface area contributed by atoms with E-state index in [1.54, 1.807) is 32.0 Å². The maximum absolute atomic E-state index is 14.2. The van der Waals surface area contributed by atoms with Gasteiger partial charge < -0.3 is 40.4 Å². The number of aliphatic hydroxyl groups excluding tert-OH is 1. The number of imidazole rings is 1. The molecule has 0 spiro atoms. The minimum Gasteiger partial charge on any atom is -0.466 e. The maximum Gasteiger partial charge on any atom is 0.459 e. The van der Waals surface area contributed by atoms with Gasteiger partial charge in [-0.25, -0.2) is 9.55 Å². The van der Waals surface area contributed by atoms with Gasteiger partial charge in [0.1, 0.15) is 35.1 Å². The van der Waals surface area contributed by atoms with Crippen LogP contribution in [0.15, 0.2) is 30.6 Å². The second-order valence-corrected chi connectivity index (χ2v) is 12.1. The van der Waals surface area contributed by atoms with Crippen LogP contribution >= 0.6 is 7.75 Å². The fraction of sp³-hybridized carbons (Fsp3) is 0.519. The van der Waals surface area contributed by atoms with Gasteiger partial charge in [0.2, 0.25) is 5.95 Å². The molecule has 3 aromatic rings. The topological polar surface area (TPSA) is 245 Å². The Hall–Kier alpha value is -3.86. The zero-order valence-electron chi connectivity index (χ0n) is 25.3. The number of rotatable bonds is 14. The van der Waals surface area contributed by atoms with Gasteiger partial charge in [-0.05, 0) is 45.7 Å². The van der Waals surface area contributed by atoms with E-state index in [1.807, 2.05) is 0 Å². The number of aliphatic hydroxyl groups is 2. The van der Waals surface area contributed by atoms with Crippen molar-refractivity contribution in [2.75, 3.05) is 31.3 Å². The van der Waals surface area contributed by atoms with E-state index in [1.165, 1.54) is 30.8 Å². The minimum absolute atomic E-state index is 0.0109. The lowest BCUT2D eigenvalue weighted by Crippen LogP contribution is -2.44. The van der Waals surface area contributed by atoms with E-state index in [2.05, 4.69) is 20.0 Å². The summed E-state index contributed by atoms with van der Waals surface area (Å²) >= 11 is 0. The third-order valence-corrected chi connectivity index (χ3v) is 8.60. The highest BCUT2D eigenvalue weighted by molar-refractivity contribution is 7.52. The van der Waals surface area contributed by atoms with Crippen molar-refractivity contribution in [2.45, 2.75) is 70.6 Å². The van der Waals surface area contributed by atoms with Crippen molar-refractivity contribution < 1.29 is 47.6 Å². The molecule has 0 aliphatic carbocycles. The Morgan fingerprint density at radius 2 is 1.91 bits per heavy atom. The first kappa shape index (κ1) is 34.0. The standard InChI is InChI=1S/C27H38N7O10P/c1-5-40-19(35)12-11-16-9-7-8-10-17(16)44-45(39,33-15(3)24(37)41-6-2)42-13-18-21(36)27(4,38)25(43-18)34-14-30-20-22(28)31-26(29)32-23(20)34/h7-10,14-15,18,21,25,36,38H,5-6,11-13H2,1-4H3,(H,33,39)(H4,28,29,31,32)/t15?,18-,21?,25-,27?,45?/m1/s1. The Bertz CT molecular complexity index is 1570. The first-order valence-electron chi connectivity index (χ1n) is 14.2. The molecule has 0 radical (unpaired) electrons. The lowest BCUT2D eigenvalue weighted by molar-refractivity contribution is -0.145. The highest BCUT2D eigenvalue weighted by Crippen LogP contribution is 2.48. The number of para-hydroxylation sites is 1. The lowest BCUT2D eigenvalue weighted by Gasteiger charge is -2.27. The number of benzene rings is 1. The van der Waals surface area contributed by atoms with Gasteiger partial charge in [0.25, 0.3) is 0 Å². The number of fused-ring (bicyclic) bond motifs is 1. The van der Waals surface area contributed by atoms with Crippen LogP contribution in [0.3, 0.4) is 0 Å². The number of aryl methyl sites for hydroxylation is 1. The summed E-state index contributed by atoms with van der Waals surface area (Å²) in [7, 11) is -4.43. The Morgan fingerprint density at radius 3 is 2.62 bits per heavy atom. The molecule has 1 saturated heterocycles. The number of aromatic nitrogens is 4. The molecule has 1 aliphatic rings. The van der Waals surface area contributed by atoms with E-state index < -0.39 is 56.4 Å². The number of esters is 2. The fourth-order valence-corrected chi connectivity index (χ4v) is 6.26. The van der Waals surface area contributed by atoms with Crippen molar-refractivity contribution >= 4 is 42.6 Å². The molecule has 45 heavy (non-hydrogen) atoms. The maximum atomic E-state index is 14.2. The van der Waals surface area contributed by atoms with E-state index in [4.69, 9.17) is 34.7 Å². The molecule has 0 saturated carbocycles. The average Bonchev–Trinajstić information content (AvgIpc) is 3.49. The van der Waals surface area contributed by atoms with Gasteiger partial charge in [0.15, 0.2) is 17.7 Å². The summed E-state index contributed by atoms with van der Waals surface area (Å²) in [5.74, 6) is -1.14. The van der Waals surface area contributed by atoms with Crippen LogP contribution in [-0.2, 0) is 39.3 Å². The Balaban J connectivity index is 1.57. The molecule has 1 aromatic carbocycles. The van der Waals surface area contributed by atoms with Crippen LogP contribution < -0.4 is 21.1 Å². The van der Waals surface area contributed by atoms with Gasteiger partial charge in [-0.15, -0.1) is 0 Å². The van der Waals surface area contributed by atoms with Gasteiger partial charge in [0.05, 0.1) is 26.1 Å². The molecule has 4 rings (SSSR count). The quantitative estimate of drug-likeness (QED) is 0.122. The normalized spacial score (nSPS) is 23.4. The van der Waals surface area contributed by atoms with Gasteiger partial charge >= 0.3 is 19.7 Å². The molecule has 0 amide bonds. The third kappa shape index (κ3) is 7.69. The van der Waals surface area contributed by atoms with Crippen molar-refractivity contribution in [1.82, 2.24) is 24.6 Å². The highest BCUT2D eigenvalue weighted by Gasteiger charge is 2.54. The number of nitrogens with one attached hydrogen (secondary N) is 1. The minimum atomic E-state index is -4.43. The van der Waals surface area contributed by atoms with E-state index in [-0.39, 0.29) is 54.7 Å². The lowest BCUT2D eigenvalue weighted by atomic mass is 9.96. The Morgan fingerprint density at radius 1 is 1.20 bits per heavy atom. The molecule has 2 aromatic heterocycles. The summed E-state index contributed by atoms with van der Waals surface area (Å²) in [5, 5.41) is 24.9. The predicted octanol–water partition coefficient (Wildman–Crippen LogP) is 1.24. The summed E-state index contributed by atoms with van der Waals surface area (Å²) in [6.45, 7) is 5.81. The summed E-state index contributed by atoms with van der Waals surface area (Å²) in [4.78, 5) is 36.5. The fourth-order valence-electron chi connectivity index (χ4n) is 4.72. The average molecular weight is 652 g/mol. The van der Waals surface area contributed by atoms with Crippen LogP contribution in [-0.4, -0.2) is 85.3 Å². The number of anilines is 2. The van der Waals surface area contributed by atoms with Gasteiger partial charge in [-0.3, -0.25) is 18.7 Å². The zero-order valence-corrected chi connectivity index (χ0v) is 26.2. The number of nitrogens with two attached hydrogens (primary N) is 2. The number of ether oxygens (including phenoxy) is 3. The summed E-state index contributed by atoms with van der Waals surface area (Å²) < 4.78 is 43.1. The number of nitrogen functional groups attached to an aromatic ring is 2. The molecule has 246 valence electrons. The smallest absolute Gasteiger partial charge is 0.459 e. The van der Waals surface area contributed by atoms with Crippen molar-refractivity contribution in [3.8, 4) is 5.75 Å². The second kappa shape index (κ2) is 14.1. The summed E-state index contributed by atoms with van der Waals surface area (Å²) in [6, 6.07) is 5.41. The molecule has 6 atom stereocenters. The number of nitrogens with zero attached hydrogens (tertiary/aromatic N) is 4. The van der Waals surface area contributed by atoms with Gasteiger partial charge in [-0.2, -0.15) is 15.1 Å². The van der Waals surface area contributed by atoms with Crippen molar-refractivity contribution in [3.63, 3.8) is 0 Å². The zero-order chi connectivity index (χ0) is 32.9. The van der Waals surface area contributed by atoms with Crippen LogP contribution in [0.1, 0.15) is 45.9 Å². The first-order valence-corrected chi connectivity index (χ1v) is 15.8. The van der Waals surface area contributed by atoms with Crippen molar-refractivity contribution in [2.24, 2.45) is 0 Å². The second-order valence-electron chi connectivity index (χ2n) is 10.4. The van der Waals surface area contributed by atoms with Gasteiger partial charge in [-0.1, -0.05) is 18.2 Å². The van der Waals surface area contributed by atoms with Crippen LogP contribution in [0.25, 0.3) is 11.2 Å². The Kier molecular flexibility index (Phi) is 10.6. The van der Waals surface area contributed by atoms with Crippen LogP contribution in [0, 0.1) is 0 Å². The number of carbonyl (C=O) groups is 2. The SMILES string of the molecule is CCOC(=O)CCc1ccccc1OP(=O)(NC(C)C(=O)OCC)OC[C@H]1O[C@@H](n2cnc3c(N)nc(N)nc32)C(C)(O)C1O. The van der Waals surface area contributed by atoms with Crippen molar-refractivity contribution in [3.05, 3.63) is 36.2 Å². The van der Waals surface area contributed by atoms with Crippen molar-refractivity contribution in [1.29, 1.82) is 0 Å². The monoisotopic (exact) mass is 651 g/mol. The van der Waals surface area contributed by atoms with Crippen LogP contribution in [0.5, 0.6) is 5.75 Å². The number of hydrogen-bond donors (Lipinski definition) is 5. The molecular weight excluding hydrogens is 613 g/mol. The first-order chi connectivity index (χ1) is 21.3. The van der Waals surface area contributed by atoms with E-state index >= 15 is 0 Å². The molecule has 7 N–H and O–H groups in total. The number of hydrogen-bond acceptors (Lipinski definition) is 15. The Labute approximate surface area is 258 Å². The number of carbonyl (C=O) groups excluding carboxylic acids is 2. The molecule has 1 fully saturated rings. The predicted molar refractivity (Wildman–Crippen MR) is 160 cm³/mol. The largest absolute Gasteiger partial charge is 0.466 e. The van der Waals surface area contributed by atoms with Crippen LogP contribution in [0.2, 0.25) is 0 Å². The van der Waals surface area contributed by atoms with E-state index in [0.29, 0.717) is 5.56 Å². The summed E-state index contributed by atoms with van der Waals surface area (Å²) in [6.07, 6.45) is -2.53. The van der Waals surface area contributed by atoms with Crippen LogP contribution in [0.4, 0.5) is 11.8 Å².